The lowest BCUT2D eigenvalue weighted by Crippen LogP contribution is -2.51. The van der Waals surface area contributed by atoms with Gasteiger partial charge in [-0.2, -0.15) is 0 Å². The summed E-state index contributed by atoms with van der Waals surface area (Å²) in [5.41, 5.74) is 1.64. The average molecular weight is 474 g/mol. The number of carbonyl (C=O) groups is 2. The molecule has 5 rings (SSSR count). The lowest BCUT2D eigenvalue weighted by atomic mass is 9.72. The summed E-state index contributed by atoms with van der Waals surface area (Å²) >= 11 is 0. The van der Waals surface area contributed by atoms with E-state index in [1.54, 1.807) is 6.33 Å². The maximum Gasteiger partial charge on any atom is 0.226 e. The molecule has 8 heteroatoms. The zero-order valence-electron chi connectivity index (χ0n) is 20.1. The Bertz CT molecular complexity index is 1210. The average Bonchev–Trinajstić information content (AvgIpc) is 3.27. The monoisotopic (exact) mass is 473 g/mol. The van der Waals surface area contributed by atoms with Crippen molar-refractivity contribution in [1.82, 2.24) is 25.0 Å². The number of nitrogens with zero attached hydrogens (tertiary/aromatic N) is 4. The van der Waals surface area contributed by atoms with Crippen LogP contribution in [0.4, 0.5) is 0 Å². The van der Waals surface area contributed by atoms with Crippen LogP contribution in [0, 0.1) is 5.41 Å². The highest BCUT2D eigenvalue weighted by Crippen LogP contribution is 2.37. The second-order valence-electron chi connectivity index (χ2n) is 9.60. The molecule has 1 aromatic heterocycles. The Labute approximate surface area is 205 Å². The molecule has 1 saturated heterocycles. The maximum atomic E-state index is 13.5. The topological polar surface area (TPSA) is 89.3 Å². The third-order valence-corrected chi connectivity index (χ3v) is 7.20. The summed E-state index contributed by atoms with van der Waals surface area (Å²) in [5.74, 6) is 2.54. The van der Waals surface area contributed by atoms with Crippen molar-refractivity contribution in [2.45, 2.75) is 38.5 Å². The Kier molecular flexibility index (Phi) is 6.53. The van der Waals surface area contributed by atoms with Crippen LogP contribution in [-0.2, 0) is 35.9 Å². The lowest BCUT2D eigenvalue weighted by molar-refractivity contribution is -0.140. The number of rotatable bonds is 3. The van der Waals surface area contributed by atoms with Crippen molar-refractivity contribution in [3.8, 4) is 11.5 Å². The summed E-state index contributed by atoms with van der Waals surface area (Å²) in [6.07, 6.45) is 5.22. The second-order valence-corrected chi connectivity index (χ2v) is 9.60. The molecule has 1 N–H and O–H groups in total. The summed E-state index contributed by atoms with van der Waals surface area (Å²) in [5, 5.41) is 11.1. The van der Waals surface area contributed by atoms with E-state index < -0.39 is 5.41 Å². The molecule has 2 aliphatic rings. The van der Waals surface area contributed by atoms with E-state index in [-0.39, 0.29) is 11.8 Å². The van der Waals surface area contributed by atoms with E-state index in [1.165, 1.54) is 0 Å². The molecular weight excluding hydrogens is 442 g/mol. The number of fused-ring (bicyclic) bond motifs is 4. The number of aromatic nitrogens is 3. The van der Waals surface area contributed by atoms with E-state index in [9.17, 15) is 9.59 Å². The predicted octanol–water partition coefficient (Wildman–Crippen LogP) is 3.06. The third-order valence-electron chi connectivity index (χ3n) is 7.20. The number of piperidine rings is 1. The van der Waals surface area contributed by atoms with Crippen LogP contribution in [0.25, 0.3) is 0 Å². The van der Waals surface area contributed by atoms with Crippen molar-refractivity contribution < 1.29 is 14.3 Å². The number of amides is 2. The van der Waals surface area contributed by atoms with Gasteiger partial charge in [-0.1, -0.05) is 24.3 Å². The van der Waals surface area contributed by atoms with Crippen LogP contribution >= 0.6 is 0 Å². The van der Waals surface area contributed by atoms with Gasteiger partial charge in [0.05, 0.1) is 5.41 Å². The van der Waals surface area contributed by atoms with E-state index in [0.717, 1.165) is 34.9 Å². The number of aryl methyl sites for hydroxylation is 2. The highest BCUT2D eigenvalue weighted by atomic mass is 16.5. The van der Waals surface area contributed by atoms with Crippen molar-refractivity contribution in [2.75, 3.05) is 19.6 Å². The molecule has 8 nitrogen and oxygen atoms in total. The van der Waals surface area contributed by atoms with Crippen molar-refractivity contribution >= 4 is 11.8 Å². The third kappa shape index (κ3) is 5.21. The van der Waals surface area contributed by atoms with Crippen LogP contribution in [-0.4, -0.2) is 51.1 Å². The fourth-order valence-electron chi connectivity index (χ4n) is 5.10. The number of hydrogen-bond acceptors (Lipinski definition) is 5. The minimum Gasteiger partial charge on any atom is -0.457 e. The quantitative estimate of drug-likeness (QED) is 0.632. The molecule has 0 unspecified atom stereocenters. The maximum absolute atomic E-state index is 13.5. The largest absolute Gasteiger partial charge is 0.457 e. The SMILES string of the molecule is Cn1cnnc1CCC(=O)N1CCC2(CC1)Cc1cccc(c1)Oc1cccc(c1)CCNC2=O. The Morgan fingerprint density at radius 3 is 2.51 bits per heavy atom. The van der Waals surface area contributed by atoms with E-state index in [4.69, 9.17) is 4.74 Å². The standard InChI is InChI=1S/C27H31N5O3/c1-31-19-29-30-24(31)8-9-25(33)32-14-11-27(12-15-32)18-21-5-3-7-23(17-21)35-22-6-2-4-20(16-22)10-13-28-26(27)34/h2-7,16-17,19H,8-15,18H2,1H3,(H,28,34). The van der Waals surface area contributed by atoms with Gasteiger partial charge in [0.25, 0.3) is 0 Å². The summed E-state index contributed by atoms with van der Waals surface area (Å²) in [6.45, 7) is 1.71. The smallest absolute Gasteiger partial charge is 0.226 e. The zero-order chi connectivity index (χ0) is 24.3. The first-order valence-corrected chi connectivity index (χ1v) is 12.3. The highest BCUT2D eigenvalue weighted by molar-refractivity contribution is 5.84. The molecule has 0 atom stereocenters. The molecular formula is C27H31N5O3. The first-order valence-electron chi connectivity index (χ1n) is 12.3. The summed E-state index contributed by atoms with van der Waals surface area (Å²) in [6, 6.07) is 16.0. The van der Waals surface area contributed by atoms with Crippen LogP contribution in [0.15, 0.2) is 54.9 Å². The molecule has 1 fully saturated rings. The number of benzene rings is 2. The van der Waals surface area contributed by atoms with Gasteiger partial charge in [0.1, 0.15) is 23.7 Å². The Balaban J connectivity index is 1.31. The lowest BCUT2D eigenvalue weighted by Gasteiger charge is -2.41. The molecule has 2 aliphatic heterocycles. The molecule has 3 aromatic rings. The van der Waals surface area contributed by atoms with Gasteiger partial charge in [-0.05, 0) is 61.1 Å². The molecule has 35 heavy (non-hydrogen) atoms. The zero-order valence-corrected chi connectivity index (χ0v) is 20.1. The Hall–Kier alpha value is -3.68. The Morgan fingerprint density at radius 2 is 1.80 bits per heavy atom. The minimum absolute atomic E-state index is 0.0745. The van der Waals surface area contributed by atoms with Gasteiger partial charge in [-0.3, -0.25) is 9.59 Å². The van der Waals surface area contributed by atoms with Gasteiger partial charge in [0, 0.05) is 39.5 Å². The molecule has 0 radical (unpaired) electrons. The molecule has 0 saturated carbocycles. The van der Waals surface area contributed by atoms with Crippen LogP contribution in [0.5, 0.6) is 11.5 Å². The predicted molar refractivity (Wildman–Crippen MR) is 131 cm³/mol. The summed E-state index contributed by atoms with van der Waals surface area (Å²) in [4.78, 5) is 28.3. The van der Waals surface area contributed by atoms with E-state index in [0.29, 0.717) is 51.7 Å². The van der Waals surface area contributed by atoms with Gasteiger partial charge in [-0.15, -0.1) is 10.2 Å². The number of carbonyl (C=O) groups excluding carboxylic acids is 2. The van der Waals surface area contributed by atoms with Crippen LogP contribution in [0.1, 0.15) is 36.2 Å². The number of hydrogen-bond donors (Lipinski definition) is 1. The normalized spacial score (nSPS) is 17.5. The molecule has 2 amide bonds. The first kappa shape index (κ1) is 23.1. The fraction of sp³-hybridized carbons (Fsp3) is 0.407. The van der Waals surface area contributed by atoms with Gasteiger partial charge in [0.15, 0.2) is 0 Å². The summed E-state index contributed by atoms with van der Waals surface area (Å²) in [7, 11) is 1.88. The van der Waals surface area contributed by atoms with Crippen LogP contribution < -0.4 is 10.1 Å². The molecule has 2 aromatic carbocycles. The fourth-order valence-corrected chi connectivity index (χ4v) is 5.10. The van der Waals surface area contributed by atoms with E-state index in [1.807, 2.05) is 52.9 Å². The van der Waals surface area contributed by atoms with Gasteiger partial charge >= 0.3 is 0 Å². The summed E-state index contributed by atoms with van der Waals surface area (Å²) < 4.78 is 7.96. The number of likely N-dealkylation sites (tertiary alicyclic amines) is 1. The molecule has 1 spiro atoms. The van der Waals surface area contributed by atoms with Crippen molar-refractivity contribution in [3.63, 3.8) is 0 Å². The molecule has 182 valence electrons. The van der Waals surface area contributed by atoms with E-state index in [2.05, 4.69) is 27.6 Å². The first-order chi connectivity index (χ1) is 17.0. The van der Waals surface area contributed by atoms with Gasteiger partial charge in [-0.25, -0.2) is 0 Å². The van der Waals surface area contributed by atoms with Crippen LogP contribution in [0.3, 0.4) is 0 Å². The molecule has 3 heterocycles. The minimum atomic E-state index is -0.550. The van der Waals surface area contributed by atoms with Crippen molar-refractivity contribution in [2.24, 2.45) is 12.5 Å². The van der Waals surface area contributed by atoms with Crippen LogP contribution in [0.2, 0.25) is 0 Å². The molecule has 0 aliphatic carbocycles. The van der Waals surface area contributed by atoms with E-state index >= 15 is 0 Å². The van der Waals surface area contributed by atoms with Gasteiger partial charge in [0.2, 0.25) is 11.8 Å². The van der Waals surface area contributed by atoms with Crippen molar-refractivity contribution in [1.29, 1.82) is 0 Å². The molecule has 4 bridgehead atoms. The number of nitrogens with one attached hydrogen (secondary N) is 1. The highest BCUT2D eigenvalue weighted by Gasteiger charge is 2.42. The van der Waals surface area contributed by atoms with Crippen molar-refractivity contribution in [3.05, 3.63) is 71.8 Å². The second kappa shape index (κ2) is 9.90. The Morgan fingerprint density at radius 1 is 1.09 bits per heavy atom. The number of ether oxygens (including phenoxy) is 1. The van der Waals surface area contributed by atoms with Gasteiger partial charge < -0.3 is 19.5 Å².